The molecule has 1 saturated carbocycles. The number of carbonyl (C=O) groups is 3. The number of aliphatic hydroxyl groups is 1. The molecule has 1 heterocycles. The van der Waals surface area contributed by atoms with Crippen LogP contribution in [0.5, 0.6) is 0 Å². The number of nitriles is 1. The van der Waals surface area contributed by atoms with Crippen LogP contribution < -0.4 is 10.2 Å². The minimum atomic E-state index is -4.75. The largest absolute Gasteiger partial charge is 0.416 e. The van der Waals surface area contributed by atoms with Crippen LogP contribution in [0.25, 0.3) is 0 Å². The van der Waals surface area contributed by atoms with Crippen molar-refractivity contribution in [3.05, 3.63) is 70.4 Å². The minimum absolute atomic E-state index is 0.0241. The van der Waals surface area contributed by atoms with Crippen LogP contribution in [0.4, 0.5) is 28.4 Å². The smallest absolute Gasteiger partial charge is 0.391 e. The van der Waals surface area contributed by atoms with Gasteiger partial charge < -0.3 is 10.4 Å². The summed E-state index contributed by atoms with van der Waals surface area (Å²) in [7, 11) is -4.08. The Labute approximate surface area is 238 Å². The number of ketones is 1. The Morgan fingerprint density at radius 2 is 1.86 bits per heavy atom. The normalized spacial score (nSPS) is 22.8. The second kappa shape index (κ2) is 10.6. The molecule has 0 unspecified atom stereocenters. The number of nitrogens with zero attached hydrogens (tertiary/aromatic N) is 3. The van der Waals surface area contributed by atoms with Gasteiger partial charge in [0.05, 0.1) is 39.9 Å². The molecule has 42 heavy (non-hydrogen) atoms. The summed E-state index contributed by atoms with van der Waals surface area (Å²) >= 11 is 0. The van der Waals surface area contributed by atoms with E-state index in [1.165, 1.54) is 18.2 Å². The van der Waals surface area contributed by atoms with E-state index in [0.29, 0.717) is 24.2 Å². The van der Waals surface area contributed by atoms with Crippen LogP contribution in [-0.4, -0.2) is 54.7 Å². The van der Waals surface area contributed by atoms with Crippen molar-refractivity contribution in [3.63, 3.8) is 0 Å². The van der Waals surface area contributed by atoms with Crippen molar-refractivity contribution in [2.75, 3.05) is 11.2 Å². The third-order valence-corrected chi connectivity index (χ3v) is 8.83. The molecular weight excluding hydrogens is 577 g/mol. The fourth-order valence-electron chi connectivity index (χ4n) is 5.74. The first-order valence-corrected chi connectivity index (χ1v) is 14.9. The Bertz CT molecular complexity index is 1680. The van der Waals surface area contributed by atoms with E-state index in [1.807, 2.05) is 6.07 Å². The number of rotatable bonds is 4. The lowest BCUT2D eigenvalue weighted by Gasteiger charge is -2.41. The SMILES string of the molecule is CS(=O)(=O)c1cc(C#N)ccc1[C@@H]1C2=C(CCC2=O)N(c2cccc(C(F)(F)F)c2)C(=O)N1C(=O)N[C@H]1CCC[C@H]1O. The second-order valence-electron chi connectivity index (χ2n) is 10.4. The number of imide groups is 1. The zero-order valence-corrected chi connectivity index (χ0v) is 23.0. The number of hydrogen-bond acceptors (Lipinski definition) is 7. The summed E-state index contributed by atoms with van der Waals surface area (Å²) in [6.07, 6.45) is -3.62. The van der Waals surface area contributed by atoms with Crippen LogP contribution in [0.15, 0.2) is 58.6 Å². The zero-order valence-electron chi connectivity index (χ0n) is 22.2. The Morgan fingerprint density at radius 3 is 2.48 bits per heavy atom. The van der Waals surface area contributed by atoms with E-state index in [-0.39, 0.29) is 40.9 Å². The number of sulfone groups is 1. The second-order valence-corrected chi connectivity index (χ2v) is 12.4. The molecule has 14 heteroatoms. The average molecular weight is 603 g/mol. The zero-order chi connectivity index (χ0) is 30.6. The van der Waals surface area contributed by atoms with Crippen molar-refractivity contribution in [3.8, 4) is 6.07 Å². The van der Waals surface area contributed by atoms with Crippen molar-refractivity contribution in [2.24, 2.45) is 0 Å². The first kappa shape index (κ1) is 29.3. The molecule has 1 fully saturated rings. The van der Waals surface area contributed by atoms with Gasteiger partial charge in [-0.15, -0.1) is 0 Å². The van der Waals surface area contributed by atoms with Crippen LogP contribution in [0.3, 0.4) is 0 Å². The van der Waals surface area contributed by atoms with Gasteiger partial charge in [0, 0.05) is 23.9 Å². The lowest BCUT2D eigenvalue weighted by atomic mass is 9.92. The van der Waals surface area contributed by atoms with Gasteiger partial charge in [-0.3, -0.25) is 9.69 Å². The Balaban J connectivity index is 1.75. The number of amides is 4. The standard InChI is InChI=1S/C28H25F3N4O6S/c1-42(40,41)23-12-15(14-32)8-9-18(23)25-24-20(10-11-22(24)37)34(17-5-2-4-16(13-17)28(29,30)31)27(39)35(25)26(38)33-19-6-3-7-21(19)36/h2,4-5,8-9,12-13,19,21,25,36H,3,6-7,10-11H2,1H3,(H,33,38)/t19-,21+,25+/m0/s1. The maximum Gasteiger partial charge on any atom is 0.416 e. The van der Waals surface area contributed by atoms with Crippen molar-refractivity contribution in [1.82, 2.24) is 10.2 Å². The maximum atomic E-state index is 14.2. The lowest BCUT2D eigenvalue weighted by molar-refractivity contribution is -0.137. The summed E-state index contributed by atoms with van der Waals surface area (Å²) in [5.41, 5.74) is -1.52. The van der Waals surface area contributed by atoms with E-state index < -0.39 is 62.5 Å². The summed E-state index contributed by atoms with van der Waals surface area (Å²) in [5.74, 6) is -0.526. The Morgan fingerprint density at radius 1 is 1.12 bits per heavy atom. The van der Waals surface area contributed by atoms with Gasteiger partial charge in [0.1, 0.15) is 6.04 Å². The molecule has 0 saturated heterocycles. The van der Waals surface area contributed by atoms with Gasteiger partial charge in [0.15, 0.2) is 15.6 Å². The van der Waals surface area contributed by atoms with Crippen LogP contribution in [0.1, 0.15) is 54.8 Å². The van der Waals surface area contributed by atoms with Crippen molar-refractivity contribution >= 4 is 33.4 Å². The predicted molar refractivity (Wildman–Crippen MR) is 142 cm³/mol. The predicted octanol–water partition coefficient (Wildman–Crippen LogP) is 4.20. The first-order chi connectivity index (χ1) is 19.7. The Hall–Kier alpha value is -4.22. The van der Waals surface area contributed by atoms with Crippen LogP contribution in [0.2, 0.25) is 0 Å². The van der Waals surface area contributed by atoms with Gasteiger partial charge >= 0.3 is 18.2 Å². The van der Waals surface area contributed by atoms with Crippen LogP contribution >= 0.6 is 0 Å². The van der Waals surface area contributed by atoms with E-state index >= 15 is 0 Å². The molecule has 10 nitrogen and oxygen atoms in total. The fraction of sp³-hybridized carbons (Fsp3) is 0.357. The third kappa shape index (κ3) is 5.14. The molecule has 1 aliphatic heterocycles. The summed E-state index contributed by atoms with van der Waals surface area (Å²) in [6.45, 7) is 0. The molecular formula is C28H25F3N4O6S. The van der Waals surface area contributed by atoms with Crippen molar-refractivity contribution in [2.45, 2.75) is 61.4 Å². The quantitative estimate of drug-likeness (QED) is 0.533. The molecule has 3 atom stereocenters. The summed E-state index contributed by atoms with van der Waals surface area (Å²) in [5, 5.41) is 22.3. The lowest BCUT2D eigenvalue weighted by Crippen LogP contribution is -2.57. The van der Waals surface area contributed by atoms with Crippen molar-refractivity contribution < 1.29 is 41.1 Å². The molecule has 2 aliphatic carbocycles. The number of allylic oxidation sites excluding steroid dienone is 1. The number of benzene rings is 2. The fourth-order valence-corrected chi connectivity index (χ4v) is 6.69. The molecule has 2 aromatic carbocycles. The molecule has 4 amide bonds. The van der Waals surface area contributed by atoms with Crippen molar-refractivity contribution in [1.29, 1.82) is 5.26 Å². The number of urea groups is 2. The molecule has 0 radical (unpaired) electrons. The molecule has 0 aromatic heterocycles. The van der Waals surface area contributed by atoms with E-state index in [1.54, 1.807) is 0 Å². The van der Waals surface area contributed by atoms with E-state index in [4.69, 9.17) is 0 Å². The molecule has 0 bridgehead atoms. The Kier molecular flexibility index (Phi) is 7.36. The molecule has 2 N–H and O–H groups in total. The molecule has 3 aliphatic rings. The van der Waals surface area contributed by atoms with Gasteiger partial charge in [0.25, 0.3) is 0 Å². The van der Waals surface area contributed by atoms with Gasteiger partial charge in [0.2, 0.25) is 0 Å². The third-order valence-electron chi connectivity index (χ3n) is 7.67. The number of Topliss-reactive ketones (excluding diaryl/α,β-unsaturated/α-hetero) is 1. The number of nitrogens with one attached hydrogen (secondary N) is 1. The number of anilines is 1. The van der Waals surface area contributed by atoms with Gasteiger partial charge in [-0.1, -0.05) is 12.1 Å². The molecule has 220 valence electrons. The number of carbonyl (C=O) groups excluding carboxylic acids is 3. The molecule has 5 rings (SSSR count). The average Bonchev–Trinajstić information content (AvgIpc) is 3.51. The van der Waals surface area contributed by atoms with E-state index in [2.05, 4.69) is 5.32 Å². The summed E-state index contributed by atoms with van der Waals surface area (Å²) < 4.78 is 66.5. The highest BCUT2D eigenvalue weighted by Gasteiger charge is 2.50. The number of aliphatic hydroxyl groups excluding tert-OH is 1. The maximum absolute atomic E-state index is 14.2. The van der Waals surface area contributed by atoms with Gasteiger partial charge in [-0.2, -0.15) is 18.4 Å². The van der Waals surface area contributed by atoms with Gasteiger partial charge in [-0.25, -0.2) is 22.9 Å². The van der Waals surface area contributed by atoms with Gasteiger partial charge in [-0.05, 0) is 61.6 Å². The highest BCUT2D eigenvalue weighted by molar-refractivity contribution is 7.90. The van der Waals surface area contributed by atoms with E-state index in [9.17, 15) is 46.3 Å². The monoisotopic (exact) mass is 602 g/mol. The van der Waals surface area contributed by atoms with Crippen LogP contribution in [-0.2, 0) is 20.8 Å². The first-order valence-electron chi connectivity index (χ1n) is 13.0. The highest BCUT2D eigenvalue weighted by Crippen LogP contribution is 2.47. The number of halogens is 3. The number of hydrogen-bond donors (Lipinski definition) is 2. The van der Waals surface area contributed by atoms with Crippen LogP contribution in [0, 0.1) is 11.3 Å². The minimum Gasteiger partial charge on any atom is -0.391 e. The molecule has 0 spiro atoms. The summed E-state index contributed by atoms with van der Waals surface area (Å²) in [4.78, 5) is 42.5. The highest BCUT2D eigenvalue weighted by atomic mass is 32.2. The topological polar surface area (TPSA) is 148 Å². The molecule has 2 aromatic rings. The van der Waals surface area contributed by atoms with E-state index in [0.717, 1.165) is 35.4 Å². The summed E-state index contributed by atoms with van der Waals surface area (Å²) in [6, 6.07) is 4.81. The number of alkyl halides is 3.